The molecule has 21 heavy (non-hydrogen) atoms. The molecule has 3 aromatic rings. The Hall–Kier alpha value is -2.48. The molecule has 0 fully saturated rings. The number of anilines is 1. The second-order valence-corrected chi connectivity index (χ2v) is 5.04. The number of carbonyl (C=O) groups excluding carboxylic acids is 1. The highest BCUT2D eigenvalue weighted by Crippen LogP contribution is 2.23. The summed E-state index contributed by atoms with van der Waals surface area (Å²) < 4.78 is 7.27. The number of amides is 1. The number of hydrogen-bond acceptors (Lipinski definition) is 5. The van der Waals surface area contributed by atoms with Gasteiger partial charge in [-0.2, -0.15) is 0 Å². The third-order valence-corrected chi connectivity index (χ3v) is 3.37. The summed E-state index contributed by atoms with van der Waals surface area (Å²) in [5.74, 6) is -0.0910. The predicted molar refractivity (Wildman–Crippen MR) is 78.3 cm³/mol. The number of hydrogen-bond donors (Lipinski definition) is 1. The van der Waals surface area contributed by atoms with E-state index in [0.29, 0.717) is 10.4 Å². The lowest BCUT2D eigenvalue weighted by Crippen LogP contribution is -2.12. The minimum Gasteiger partial charge on any atom is -0.444 e. The summed E-state index contributed by atoms with van der Waals surface area (Å²) in [6, 6.07) is 8.75. The van der Waals surface area contributed by atoms with Gasteiger partial charge in [0.05, 0.1) is 5.69 Å². The zero-order valence-electron chi connectivity index (χ0n) is 10.9. The molecule has 2 aromatic heterocycles. The molecule has 0 aliphatic rings. The maximum atomic E-state index is 12.1. The lowest BCUT2D eigenvalue weighted by molar-refractivity contribution is 0.0995. The second-order valence-electron chi connectivity index (χ2n) is 4.26. The quantitative estimate of drug-likeness (QED) is 0.786. The fourth-order valence-corrected chi connectivity index (χ4v) is 2.21. The van der Waals surface area contributed by atoms with Crippen LogP contribution in [0.3, 0.4) is 0 Å². The van der Waals surface area contributed by atoms with Crippen molar-refractivity contribution in [2.75, 3.05) is 5.32 Å². The number of benzene rings is 1. The van der Waals surface area contributed by atoms with Crippen LogP contribution in [0.4, 0.5) is 5.69 Å². The van der Waals surface area contributed by atoms with Crippen molar-refractivity contribution in [3.05, 3.63) is 52.7 Å². The van der Waals surface area contributed by atoms with Crippen molar-refractivity contribution in [1.82, 2.24) is 20.2 Å². The van der Waals surface area contributed by atoms with E-state index in [1.165, 1.54) is 11.0 Å². The van der Waals surface area contributed by atoms with E-state index in [2.05, 4.69) is 36.8 Å². The van der Waals surface area contributed by atoms with Crippen molar-refractivity contribution < 1.29 is 9.21 Å². The molecular formula is C13H10BrN5O2. The van der Waals surface area contributed by atoms with Gasteiger partial charge >= 0.3 is 0 Å². The Bertz CT molecular complexity index is 782. The van der Waals surface area contributed by atoms with E-state index in [9.17, 15) is 4.79 Å². The van der Waals surface area contributed by atoms with Crippen LogP contribution in [0.2, 0.25) is 0 Å². The highest BCUT2D eigenvalue weighted by molar-refractivity contribution is 9.10. The van der Waals surface area contributed by atoms with Gasteiger partial charge < -0.3 is 9.73 Å². The topological polar surface area (TPSA) is 85.8 Å². The molecular weight excluding hydrogens is 338 g/mol. The van der Waals surface area contributed by atoms with Crippen LogP contribution >= 0.6 is 15.9 Å². The van der Waals surface area contributed by atoms with E-state index in [1.807, 2.05) is 19.1 Å². The fraction of sp³-hybridized carbons (Fsp3) is 0.0769. The van der Waals surface area contributed by atoms with Crippen LogP contribution in [0.25, 0.3) is 5.69 Å². The Morgan fingerprint density at radius 3 is 2.86 bits per heavy atom. The first-order chi connectivity index (χ1) is 10.1. The van der Waals surface area contributed by atoms with Gasteiger partial charge in [-0.15, -0.1) is 5.10 Å². The largest absolute Gasteiger partial charge is 0.444 e. The van der Waals surface area contributed by atoms with Crippen LogP contribution in [0.15, 0.2) is 45.7 Å². The molecule has 8 heteroatoms. The molecule has 2 heterocycles. The third-order valence-electron chi connectivity index (χ3n) is 2.95. The minimum absolute atomic E-state index is 0.231. The van der Waals surface area contributed by atoms with Gasteiger partial charge in [0, 0.05) is 5.69 Å². The summed E-state index contributed by atoms with van der Waals surface area (Å²) in [6.45, 7) is 1.88. The molecule has 0 atom stereocenters. The van der Waals surface area contributed by atoms with Crippen LogP contribution in [-0.2, 0) is 0 Å². The molecule has 3 rings (SSSR count). The number of furan rings is 1. The minimum atomic E-state index is -0.322. The molecule has 1 aromatic carbocycles. The number of carbonyl (C=O) groups is 1. The smallest absolute Gasteiger partial charge is 0.291 e. The molecule has 1 amide bonds. The van der Waals surface area contributed by atoms with Crippen LogP contribution in [-0.4, -0.2) is 26.1 Å². The van der Waals surface area contributed by atoms with Gasteiger partial charge in [-0.3, -0.25) is 4.79 Å². The van der Waals surface area contributed by atoms with Gasteiger partial charge in [-0.1, -0.05) is 6.07 Å². The molecule has 7 nitrogen and oxygen atoms in total. The number of rotatable bonds is 3. The van der Waals surface area contributed by atoms with Crippen molar-refractivity contribution in [2.24, 2.45) is 0 Å². The number of nitrogens with zero attached hydrogens (tertiary/aromatic N) is 4. The zero-order valence-corrected chi connectivity index (χ0v) is 12.5. The Morgan fingerprint density at radius 1 is 1.33 bits per heavy atom. The first-order valence-electron chi connectivity index (χ1n) is 6.05. The highest BCUT2D eigenvalue weighted by atomic mass is 79.9. The van der Waals surface area contributed by atoms with Crippen LogP contribution < -0.4 is 5.32 Å². The monoisotopic (exact) mass is 347 g/mol. The van der Waals surface area contributed by atoms with E-state index in [1.54, 1.807) is 18.2 Å². The van der Waals surface area contributed by atoms with Gasteiger partial charge in [-0.05, 0) is 63.1 Å². The maximum absolute atomic E-state index is 12.1. The molecule has 0 aliphatic heterocycles. The van der Waals surface area contributed by atoms with Crippen LogP contribution in [0.1, 0.15) is 16.1 Å². The average molecular weight is 348 g/mol. The van der Waals surface area contributed by atoms with Gasteiger partial charge in [-0.25, -0.2) is 4.68 Å². The molecule has 106 valence electrons. The second kappa shape index (κ2) is 5.49. The summed E-state index contributed by atoms with van der Waals surface area (Å²) in [6.07, 6.45) is 1.50. The molecule has 0 aliphatic carbocycles. The summed E-state index contributed by atoms with van der Waals surface area (Å²) in [4.78, 5) is 12.1. The number of nitrogens with one attached hydrogen (secondary N) is 1. The number of aromatic nitrogens is 4. The van der Waals surface area contributed by atoms with Gasteiger partial charge in [0.2, 0.25) is 0 Å². The van der Waals surface area contributed by atoms with Crippen molar-refractivity contribution >= 4 is 27.5 Å². The first-order valence-corrected chi connectivity index (χ1v) is 6.84. The van der Waals surface area contributed by atoms with Gasteiger partial charge in [0.25, 0.3) is 5.91 Å². The van der Waals surface area contributed by atoms with Crippen molar-refractivity contribution in [3.63, 3.8) is 0 Å². The molecule has 1 N–H and O–H groups in total. The summed E-state index contributed by atoms with van der Waals surface area (Å²) in [5.41, 5.74) is 2.31. The Morgan fingerprint density at radius 2 is 2.19 bits per heavy atom. The van der Waals surface area contributed by atoms with Crippen LogP contribution in [0, 0.1) is 6.92 Å². The van der Waals surface area contributed by atoms with Gasteiger partial charge in [0.15, 0.2) is 10.4 Å². The summed E-state index contributed by atoms with van der Waals surface area (Å²) in [5, 5.41) is 13.9. The summed E-state index contributed by atoms with van der Waals surface area (Å²) >= 11 is 3.17. The van der Waals surface area contributed by atoms with E-state index in [-0.39, 0.29) is 11.7 Å². The first kappa shape index (κ1) is 13.5. The maximum Gasteiger partial charge on any atom is 0.291 e. The molecule has 0 spiro atoms. The molecule has 0 bridgehead atoms. The standard InChI is InChI=1S/C13H10BrN5O2/c1-8-9(16-13(20)11-5-6-12(14)21-11)3-2-4-10(8)19-7-15-17-18-19/h2-7H,1H3,(H,16,20). The third kappa shape index (κ3) is 2.70. The van der Waals surface area contributed by atoms with E-state index < -0.39 is 0 Å². The van der Waals surface area contributed by atoms with Crippen molar-refractivity contribution in [2.45, 2.75) is 6.92 Å². The van der Waals surface area contributed by atoms with E-state index in [0.717, 1.165) is 11.3 Å². The van der Waals surface area contributed by atoms with E-state index in [4.69, 9.17) is 4.42 Å². The molecule has 0 radical (unpaired) electrons. The number of halogens is 1. The Labute approximate surface area is 128 Å². The zero-order chi connectivity index (χ0) is 14.8. The Kier molecular flexibility index (Phi) is 3.53. The predicted octanol–water partition coefficient (Wildman–Crippen LogP) is 2.58. The lowest BCUT2D eigenvalue weighted by atomic mass is 10.1. The lowest BCUT2D eigenvalue weighted by Gasteiger charge is -2.10. The van der Waals surface area contributed by atoms with Crippen molar-refractivity contribution in [3.8, 4) is 5.69 Å². The Balaban J connectivity index is 1.90. The van der Waals surface area contributed by atoms with E-state index >= 15 is 0 Å². The SMILES string of the molecule is Cc1c(NC(=O)c2ccc(Br)o2)cccc1-n1cnnn1. The number of tetrazole rings is 1. The summed E-state index contributed by atoms with van der Waals surface area (Å²) in [7, 11) is 0. The van der Waals surface area contributed by atoms with Gasteiger partial charge in [0.1, 0.15) is 6.33 Å². The highest BCUT2D eigenvalue weighted by Gasteiger charge is 2.13. The molecule has 0 unspecified atom stereocenters. The average Bonchev–Trinajstić information content (AvgIpc) is 3.12. The fourth-order valence-electron chi connectivity index (χ4n) is 1.90. The van der Waals surface area contributed by atoms with Crippen molar-refractivity contribution in [1.29, 1.82) is 0 Å². The molecule has 0 saturated heterocycles. The normalized spacial score (nSPS) is 10.6. The molecule has 0 saturated carbocycles. The van der Waals surface area contributed by atoms with Crippen LogP contribution in [0.5, 0.6) is 0 Å².